The SMILES string of the molecule is Cc1ccc2nc3n(c2c1)CN=C(N)N3. The Morgan fingerprint density at radius 2 is 2.33 bits per heavy atom. The van der Waals surface area contributed by atoms with Crippen LogP contribution in [0.3, 0.4) is 0 Å². The Kier molecular flexibility index (Phi) is 1.50. The van der Waals surface area contributed by atoms with E-state index in [1.165, 1.54) is 5.56 Å². The molecular weight excluding hydrogens is 190 g/mol. The lowest BCUT2D eigenvalue weighted by Gasteiger charge is -2.13. The van der Waals surface area contributed by atoms with E-state index in [4.69, 9.17) is 5.73 Å². The molecule has 5 nitrogen and oxygen atoms in total. The zero-order chi connectivity index (χ0) is 10.4. The molecule has 0 radical (unpaired) electrons. The molecule has 0 saturated carbocycles. The normalized spacial score (nSPS) is 14.6. The van der Waals surface area contributed by atoms with Crippen LogP contribution in [0.25, 0.3) is 11.0 Å². The maximum atomic E-state index is 5.59. The molecule has 0 spiro atoms. The fraction of sp³-hybridized carbons (Fsp3) is 0.200. The largest absolute Gasteiger partial charge is 0.370 e. The van der Waals surface area contributed by atoms with Crippen molar-refractivity contribution < 1.29 is 0 Å². The minimum atomic E-state index is 0.425. The van der Waals surface area contributed by atoms with Crippen molar-refractivity contribution in [2.75, 3.05) is 5.32 Å². The number of aliphatic imine (C=N–C) groups is 1. The van der Waals surface area contributed by atoms with Gasteiger partial charge in [-0.05, 0) is 24.6 Å². The lowest BCUT2D eigenvalue weighted by atomic mass is 10.2. The highest BCUT2D eigenvalue weighted by Gasteiger charge is 2.14. The quantitative estimate of drug-likeness (QED) is 0.669. The highest BCUT2D eigenvalue weighted by atomic mass is 15.3. The van der Waals surface area contributed by atoms with Crippen LogP contribution in [0.1, 0.15) is 5.56 Å². The minimum absolute atomic E-state index is 0.425. The number of imidazole rings is 1. The Hall–Kier alpha value is -2.04. The third-order valence-corrected chi connectivity index (χ3v) is 2.53. The van der Waals surface area contributed by atoms with E-state index < -0.39 is 0 Å². The average molecular weight is 201 g/mol. The van der Waals surface area contributed by atoms with Crippen molar-refractivity contribution >= 4 is 22.9 Å². The number of guanidine groups is 1. The molecule has 0 bridgehead atoms. The summed E-state index contributed by atoms with van der Waals surface area (Å²) in [7, 11) is 0. The van der Waals surface area contributed by atoms with E-state index in [9.17, 15) is 0 Å². The summed E-state index contributed by atoms with van der Waals surface area (Å²) < 4.78 is 2.01. The molecule has 3 rings (SSSR count). The van der Waals surface area contributed by atoms with Gasteiger partial charge in [0.05, 0.1) is 11.0 Å². The molecule has 2 heterocycles. The van der Waals surface area contributed by atoms with Crippen molar-refractivity contribution in [3.8, 4) is 0 Å². The zero-order valence-electron chi connectivity index (χ0n) is 8.36. The summed E-state index contributed by atoms with van der Waals surface area (Å²) in [4.78, 5) is 8.57. The van der Waals surface area contributed by atoms with Crippen LogP contribution in [0.2, 0.25) is 0 Å². The minimum Gasteiger partial charge on any atom is -0.370 e. The monoisotopic (exact) mass is 201 g/mol. The van der Waals surface area contributed by atoms with E-state index in [1.54, 1.807) is 0 Å². The lowest BCUT2D eigenvalue weighted by molar-refractivity contribution is 0.749. The summed E-state index contributed by atoms with van der Waals surface area (Å²) in [6.07, 6.45) is 0. The van der Waals surface area contributed by atoms with Crippen LogP contribution >= 0.6 is 0 Å². The van der Waals surface area contributed by atoms with Crippen LogP contribution in [-0.4, -0.2) is 15.5 Å². The number of nitrogens with zero attached hydrogens (tertiary/aromatic N) is 3. The predicted octanol–water partition coefficient (Wildman–Crippen LogP) is 1.04. The van der Waals surface area contributed by atoms with E-state index in [-0.39, 0.29) is 0 Å². The third-order valence-electron chi connectivity index (χ3n) is 2.53. The van der Waals surface area contributed by atoms with E-state index in [2.05, 4.69) is 28.3 Å². The lowest BCUT2D eigenvalue weighted by Crippen LogP contribution is -2.28. The second-order valence-corrected chi connectivity index (χ2v) is 3.67. The Bertz CT molecular complexity index is 566. The van der Waals surface area contributed by atoms with Gasteiger partial charge in [-0.25, -0.2) is 9.98 Å². The summed E-state index contributed by atoms with van der Waals surface area (Å²) in [6, 6.07) is 6.16. The standard InChI is InChI=1S/C10H11N5/c1-6-2-3-7-8(4-6)15-5-12-9(11)14-10(15)13-7/h2-4H,5H2,1H3,(H3,11,12,13,14). The van der Waals surface area contributed by atoms with Gasteiger partial charge in [-0.1, -0.05) is 6.07 Å². The van der Waals surface area contributed by atoms with Crippen LogP contribution in [0, 0.1) is 6.92 Å². The number of benzene rings is 1. The van der Waals surface area contributed by atoms with Gasteiger partial charge < -0.3 is 5.73 Å². The van der Waals surface area contributed by atoms with Gasteiger partial charge in [0, 0.05) is 0 Å². The van der Waals surface area contributed by atoms with Gasteiger partial charge in [0.1, 0.15) is 6.67 Å². The summed E-state index contributed by atoms with van der Waals surface area (Å²) in [5.74, 6) is 1.19. The van der Waals surface area contributed by atoms with E-state index in [0.29, 0.717) is 12.6 Å². The number of nitrogens with two attached hydrogens (primary N) is 1. The van der Waals surface area contributed by atoms with Gasteiger partial charge in [-0.15, -0.1) is 0 Å². The number of rotatable bonds is 0. The fourth-order valence-corrected chi connectivity index (χ4v) is 1.77. The molecule has 0 atom stereocenters. The van der Waals surface area contributed by atoms with Crippen molar-refractivity contribution in [1.82, 2.24) is 9.55 Å². The van der Waals surface area contributed by atoms with Crippen molar-refractivity contribution in [2.45, 2.75) is 13.6 Å². The Labute approximate surface area is 86.6 Å². The second kappa shape index (κ2) is 2.73. The number of aryl methyl sites for hydroxylation is 1. The van der Waals surface area contributed by atoms with Crippen molar-refractivity contribution in [3.05, 3.63) is 23.8 Å². The second-order valence-electron chi connectivity index (χ2n) is 3.67. The first-order chi connectivity index (χ1) is 7.24. The number of hydrogen-bond donors (Lipinski definition) is 2. The molecule has 0 amide bonds. The molecule has 0 saturated heterocycles. The van der Waals surface area contributed by atoms with Gasteiger partial charge in [-0.2, -0.15) is 0 Å². The van der Waals surface area contributed by atoms with Gasteiger partial charge in [-0.3, -0.25) is 9.88 Å². The number of hydrogen-bond acceptors (Lipinski definition) is 4. The van der Waals surface area contributed by atoms with Gasteiger partial charge in [0.2, 0.25) is 5.95 Å². The van der Waals surface area contributed by atoms with Crippen molar-refractivity contribution in [2.24, 2.45) is 10.7 Å². The number of fused-ring (bicyclic) bond motifs is 3. The van der Waals surface area contributed by atoms with Crippen molar-refractivity contribution in [1.29, 1.82) is 0 Å². The molecule has 76 valence electrons. The van der Waals surface area contributed by atoms with Gasteiger partial charge >= 0.3 is 0 Å². The zero-order valence-corrected chi connectivity index (χ0v) is 8.36. The number of anilines is 1. The molecule has 0 aliphatic carbocycles. The first-order valence-corrected chi connectivity index (χ1v) is 4.78. The molecule has 15 heavy (non-hydrogen) atoms. The molecule has 1 aromatic carbocycles. The molecule has 2 aromatic rings. The molecule has 0 unspecified atom stereocenters. The molecule has 1 aliphatic heterocycles. The topological polar surface area (TPSA) is 68.2 Å². The van der Waals surface area contributed by atoms with E-state index in [1.807, 2.05) is 16.7 Å². The highest BCUT2D eigenvalue weighted by molar-refractivity contribution is 5.94. The molecular formula is C10H11N5. The summed E-state index contributed by atoms with van der Waals surface area (Å²) in [5, 5.41) is 2.95. The summed E-state index contributed by atoms with van der Waals surface area (Å²) in [6.45, 7) is 2.60. The van der Waals surface area contributed by atoms with Gasteiger partial charge in [0.25, 0.3) is 0 Å². The summed E-state index contributed by atoms with van der Waals surface area (Å²) in [5.41, 5.74) is 8.86. The van der Waals surface area contributed by atoms with Crippen LogP contribution in [-0.2, 0) is 6.67 Å². The van der Waals surface area contributed by atoms with E-state index >= 15 is 0 Å². The smallest absolute Gasteiger partial charge is 0.212 e. The molecule has 1 aromatic heterocycles. The third kappa shape index (κ3) is 1.16. The Morgan fingerprint density at radius 1 is 1.47 bits per heavy atom. The van der Waals surface area contributed by atoms with Crippen LogP contribution in [0.4, 0.5) is 5.95 Å². The first-order valence-electron chi connectivity index (χ1n) is 4.78. The maximum Gasteiger partial charge on any atom is 0.212 e. The first kappa shape index (κ1) is 8.28. The van der Waals surface area contributed by atoms with Crippen LogP contribution in [0.5, 0.6) is 0 Å². The number of nitrogens with one attached hydrogen (secondary N) is 1. The van der Waals surface area contributed by atoms with E-state index in [0.717, 1.165) is 17.0 Å². The fourth-order valence-electron chi connectivity index (χ4n) is 1.77. The average Bonchev–Trinajstić information content (AvgIpc) is 2.54. The van der Waals surface area contributed by atoms with Gasteiger partial charge in [0.15, 0.2) is 5.96 Å². The maximum absolute atomic E-state index is 5.59. The van der Waals surface area contributed by atoms with Crippen LogP contribution in [0.15, 0.2) is 23.2 Å². The summed E-state index contributed by atoms with van der Waals surface area (Å²) >= 11 is 0. The number of aromatic nitrogens is 2. The Morgan fingerprint density at radius 3 is 3.20 bits per heavy atom. The van der Waals surface area contributed by atoms with Crippen molar-refractivity contribution in [3.63, 3.8) is 0 Å². The molecule has 1 aliphatic rings. The molecule has 0 fully saturated rings. The molecule has 5 heteroatoms. The highest BCUT2D eigenvalue weighted by Crippen LogP contribution is 2.22. The predicted molar refractivity (Wildman–Crippen MR) is 59.7 cm³/mol. The Balaban J connectivity index is 2.27. The molecule has 3 N–H and O–H groups in total. The van der Waals surface area contributed by atoms with Crippen LogP contribution < -0.4 is 11.1 Å².